The molecule has 0 saturated carbocycles. The van der Waals surface area contributed by atoms with Crippen LogP contribution in [0.2, 0.25) is 0 Å². The Morgan fingerprint density at radius 2 is 1.77 bits per heavy atom. The monoisotopic (exact) mass is 311 g/mol. The number of aromatic nitrogens is 1. The Morgan fingerprint density at radius 1 is 1.14 bits per heavy atom. The van der Waals surface area contributed by atoms with Crippen LogP contribution in [0.1, 0.15) is 55.9 Å². The topological polar surface area (TPSA) is 22.0 Å². The van der Waals surface area contributed by atoms with Crippen molar-refractivity contribution >= 4 is 16.7 Å². The Kier molecular flexibility index (Phi) is 4.94. The lowest BCUT2D eigenvalue weighted by Crippen LogP contribution is -2.22. The van der Waals surface area contributed by atoms with Crippen LogP contribution in [0, 0.1) is 0 Å². The van der Waals surface area contributed by atoms with Gasteiger partial charge in [-0.2, -0.15) is 13.2 Å². The molecule has 120 valence electrons. The van der Waals surface area contributed by atoms with Gasteiger partial charge in [-0.25, -0.2) is 0 Å². The zero-order valence-corrected chi connectivity index (χ0v) is 12.8. The number of nitrogens with zero attached hydrogens (tertiary/aromatic N) is 1. The molecule has 1 aromatic carbocycles. The van der Waals surface area contributed by atoms with E-state index in [0.29, 0.717) is 11.4 Å². The molecular formula is C17H20F3NO. The molecule has 0 fully saturated rings. The molecule has 1 aromatic heterocycles. The van der Waals surface area contributed by atoms with E-state index in [1.807, 2.05) is 6.20 Å². The first-order valence-electron chi connectivity index (χ1n) is 7.60. The van der Waals surface area contributed by atoms with Crippen LogP contribution in [0.15, 0.2) is 30.5 Å². The maximum absolute atomic E-state index is 12.5. The van der Waals surface area contributed by atoms with E-state index in [4.69, 9.17) is 0 Å². The molecule has 5 heteroatoms. The molecule has 0 aliphatic rings. The Labute approximate surface area is 127 Å². The number of alkyl halides is 3. The van der Waals surface area contributed by atoms with E-state index >= 15 is 0 Å². The number of ketones is 1. The summed E-state index contributed by atoms with van der Waals surface area (Å²) in [5.74, 6) is -1.79. The van der Waals surface area contributed by atoms with E-state index in [2.05, 4.69) is 18.4 Å². The molecule has 2 aromatic rings. The number of rotatable bonds is 6. The standard InChI is InChI=1S/C17H20F3NO/c1-3-5-14(6-4-2)21-10-9-12-11-13(7-8-15(12)21)16(22)17(18,19)20/h7-11,14H,3-6H2,1-2H3. The van der Waals surface area contributed by atoms with Crippen molar-refractivity contribution in [3.8, 4) is 0 Å². The number of carbonyl (C=O) groups is 1. The van der Waals surface area contributed by atoms with Crippen molar-refractivity contribution in [3.05, 3.63) is 36.0 Å². The molecule has 1 heterocycles. The largest absolute Gasteiger partial charge is 0.454 e. The van der Waals surface area contributed by atoms with Gasteiger partial charge < -0.3 is 4.57 Å². The average molecular weight is 311 g/mol. The highest BCUT2D eigenvalue weighted by atomic mass is 19.4. The van der Waals surface area contributed by atoms with Crippen LogP contribution in [0.4, 0.5) is 13.2 Å². The second kappa shape index (κ2) is 6.55. The minimum atomic E-state index is -4.83. The van der Waals surface area contributed by atoms with Gasteiger partial charge in [0, 0.05) is 28.7 Å². The van der Waals surface area contributed by atoms with Crippen LogP contribution >= 0.6 is 0 Å². The fraction of sp³-hybridized carbons (Fsp3) is 0.471. The third-order valence-electron chi connectivity index (χ3n) is 3.88. The summed E-state index contributed by atoms with van der Waals surface area (Å²) in [7, 11) is 0. The van der Waals surface area contributed by atoms with Gasteiger partial charge in [-0.05, 0) is 37.1 Å². The number of halogens is 3. The van der Waals surface area contributed by atoms with Crippen LogP contribution in [-0.2, 0) is 0 Å². The Bertz CT molecular complexity index is 651. The van der Waals surface area contributed by atoms with Crippen molar-refractivity contribution in [3.63, 3.8) is 0 Å². The summed E-state index contributed by atoms with van der Waals surface area (Å²) in [6.45, 7) is 4.24. The molecule has 0 unspecified atom stereocenters. The first-order chi connectivity index (χ1) is 10.4. The molecular weight excluding hydrogens is 291 g/mol. The molecule has 0 aliphatic carbocycles. The minimum Gasteiger partial charge on any atom is -0.344 e. The smallest absolute Gasteiger partial charge is 0.344 e. The van der Waals surface area contributed by atoms with Gasteiger partial charge in [0.1, 0.15) is 0 Å². The van der Waals surface area contributed by atoms with Crippen LogP contribution in [-0.4, -0.2) is 16.5 Å². The van der Waals surface area contributed by atoms with E-state index < -0.39 is 12.0 Å². The maximum Gasteiger partial charge on any atom is 0.454 e. The van der Waals surface area contributed by atoms with E-state index in [-0.39, 0.29) is 5.56 Å². The average Bonchev–Trinajstić information content (AvgIpc) is 2.88. The summed E-state index contributed by atoms with van der Waals surface area (Å²) in [6, 6.07) is 6.34. The zero-order chi connectivity index (χ0) is 16.3. The van der Waals surface area contributed by atoms with E-state index in [0.717, 1.165) is 31.2 Å². The molecule has 22 heavy (non-hydrogen) atoms. The molecule has 0 amide bonds. The summed E-state index contributed by atoms with van der Waals surface area (Å²) in [5.41, 5.74) is 0.575. The highest BCUT2D eigenvalue weighted by molar-refractivity contribution is 6.02. The van der Waals surface area contributed by atoms with Crippen LogP contribution in [0.25, 0.3) is 10.9 Å². The summed E-state index contributed by atoms with van der Waals surface area (Å²) in [5, 5.41) is 0.673. The minimum absolute atomic E-state index is 0.305. The maximum atomic E-state index is 12.5. The van der Waals surface area contributed by atoms with Gasteiger partial charge in [-0.1, -0.05) is 26.7 Å². The number of hydrogen-bond donors (Lipinski definition) is 0. The molecule has 2 nitrogen and oxygen atoms in total. The molecule has 0 N–H and O–H groups in total. The second-order valence-corrected chi connectivity index (χ2v) is 5.55. The van der Waals surface area contributed by atoms with Crippen molar-refractivity contribution in [2.24, 2.45) is 0 Å². The predicted molar refractivity (Wildman–Crippen MR) is 81.2 cm³/mol. The Balaban J connectivity index is 2.40. The molecule has 0 saturated heterocycles. The first kappa shape index (κ1) is 16.6. The lowest BCUT2D eigenvalue weighted by atomic mass is 10.1. The van der Waals surface area contributed by atoms with Crippen LogP contribution < -0.4 is 0 Å². The molecule has 0 bridgehead atoms. The first-order valence-corrected chi connectivity index (χ1v) is 7.60. The lowest BCUT2D eigenvalue weighted by Gasteiger charge is -2.19. The van der Waals surface area contributed by atoms with Gasteiger partial charge in [-0.3, -0.25) is 4.79 Å². The second-order valence-electron chi connectivity index (χ2n) is 5.55. The number of benzene rings is 1. The fourth-order valence-corrected chi connectivity index (χ4v) is 2.88. The van der Waals surface area contributed by atoms with Crippen molar-refractivity contribution in [1.29, 1.82) is 0 Å². The van der Waals surface area contributed by atoms with Crippen molar-refractivity contribution in [2.45, 2.75) is 51.7 Å². The van der Waals surface area contributed by atoms with E-state index in [9.17, 15) is 18.0 Å². The summed E-state index contributed by atoms with van der Waals surface area (Å²) in [4.78, 5) is 11.3. The number of carbonyl (C=O) groups excluding carboxylic acids is 1. The van der Waals surface area contributed by atoms with Crippen molar-refractivity contribution < 1.29 is 18.0 Å². The van der Waals surface area contributed by atoms with E-state index in [1.165, 1.54) is 12.1 Å². The highest BCUT2D eigenvalue weighted by Gasteiger charge is 2.39. The van der Waals surface area contributed by atoms with Crippen molar-refractivity contribution in [2.75, 3.05) is 0 Å². The zero-order valence-electron chi connectivity index (χ0n) is 12.8. The predicted octanol–water partition coefficient (Wildman–Crippen LogP) is 5.53. The molecule has 0 radical (unpaired) electrons. The third kappa shape index (κ3) is 3.34. The SMILES string of the molecule is CCCC(CCC)n1ccc2cc(C(=O)C(F)(F)F)ccc21. The van der Waals surface area contributed by atoms with Crippen molar-refractivity contribution in [1.82, 2.24) is 4.57 Å². The molecule has 0 atom stereocenters. The van der Waals surface area contributed by atoms with Gasteiger partial charge >= 0.3 is 6.18 Å². The highest BCUT2D eigenvalue weighted by Crippen LogP contribution is 2.29. The van der Waals surface area contributed by atoms with Crippen LogP contribution in [0.5, 0.6) is 0 Å². The van der Waals surface area contributed by atoms with E-state index in [1.54, 1.807) is 12.1 Å². The van der Waals surface area contributed by atoms with Gasteiger partial charge in [0.05, 0.1) is 0 Å². The van der Waals surface area contributed by atoms with Gasteiger partial charge in [-0.15, -0.1) is 0 Å². The molecule has 2 rings (SSSR count). The van der Waals surface area contributed by atoms with Gasteiger partial charge in [0.2, 0.25) is 0 Å². The summed E-state index contributed by atoms with van der Waals surface area (Å²) >= 11 is 0. The third-order valence-corrected chi connectivity index (χ3v) is 3.88. The van der Waals surface area contributed by atoms with Crippen LogP contribution in [0.3, 0.4) is 0 Å². The van der Waals surface area contributed by atoms with Gasteiger partial charge in [0.25, 0.3) is 5.78 Å². The lowest BCUT2D eigenvalue weighted by molar-refractivity contribution is -0.0885. The fourth-order valence-electron chi connectivity index (χ4n) is 2.88. The molecule has 0 aliphatic heterocycles. The normalized spacial score (nSPS) is 12.3. The number of hydrogen-bond acceptors (Lipinski definition) is 1. The summed E-state index contributed by atoms with van der Waals surface area (Å²) in [6.07, 6.45) is 1.23. The van der Waals surface area contributed by atoms with Gasteiger partial charge in [0.15, 0.2) is 0 Å². The Morgan fingerprint density at radius 3 is 2.32 bits per heavy atom. The number of fused-ring (bicyclic) bond motifs is 1. The number of Topliss-reactive ketones (excluding diaryl/α,β-unsaturated/α-hetero) is 1. The quantitative estimate of drug-likeness (QED) is 0.643. The Hall–Kier alpha value is -1.78. The molecule has 0 spiro atoms. The summed E-state index contributed by atoms with van der Waals surface area (Å²) < 4.78 is 39.7.